The number of benzene rings is 2. The number of halogens is 1. The number of carbonyl (C=O) groups excluding carboxylic acids is 1. The number of nitrogens with zero attached hydrogens (tertiary/aromatic N) is 1. The van der Waals surface area contributed by atoms with Crippen LogP contribution >= 0.6 is 15.9 Å². The molecular weight excluding hydrogens is 398 g/mol. The van der Waals surface area contributed by atoms with Gasteiger partial charge in [-0.05, 0) is 35.7 Å². The number of fused-ring (bicyclic) bond motifs is 2. The van der Waals surface area contributed by atoms with Gasteiger partial charge in [-0.25, -0.2) is 4.79 Å². The smallest absolute Gasteiger partial charge is 0.349 e. The van der Waals surface area contributed by atoms with Crippen molar-refractivity contribution in [1.29, 1.82) is 0 Å². The highest BCUT2D eigenvalue weighted by Gasteiger charge is 2.25. The Morgan fingerprint density at radius 3 is 2.73 bits per heavy atom. The monoisotopic (exact) mass is 413 g/mol. The van der Waals surface area contributed by atoms with Gasteiger partial charge in [0.25, 0.3) is 5.91 Å². The summed E-state index contributed by atoms with van der Waals surface area (Å²) >= 11 is 3.40. The van der Waals surface area contributed by atoms with Gasteiger partial charge in [0, 0.05) is 22.9 Å². The summed E-state index contributed by atoms with van der Waals surface area (Å²) in [5.41, 5.74) is 2.08. The molecule has 1 amide bonds. The van der Waals surface area contributed by atoms with Gasteiger partial charge in [0.15, 0.2) is 11.3 Å². The van der Waals surface area contributed by atoms with E-state index in [2.05, 4.69) is 22.0 Å². The normalized spacial score (nSPS) is 13.5. The Bertz CT molecular complexity index is 1070. The van der Waals surface area contributed by atoms with Gasteiger partial charge < -0.3 is 14.1 Å². The van der Waals surface area contributed by atoms with Gasteiger partial charge in [0.05, 0.1) is 7.11 Å². The topological polar surface area (TPSA) is 59.8 Å². The van der Waals surface area contributed by atoms with E-state index in [1.807, 2.05) is 18.2 Å². The third-order valence-electron chi connectivity index (χ3n) is 4.63. The number of hydrogen-bond acceptors (Lipinski definition) is 4. The summed E-state index contributed by atoms with van der Waals surface area (Å²) in [4.78, 5) is 27.1. The van der Waals surface area contributed by atoms with Crippen molar-refractivity contribution in [2.75, 3.05) is 13.7 Å². The molecule has 2 heterocycles. The fraction of sp³-hybridized carbons (Fsp3) is 0.200. The number of rotatable bonds is 2. The molecule has 1 aliphatic heterocycles. The molecular formula is C20H16BrNO4. The molecule has 0 aliphatic carbocycles. The van der Waals surface area contributed by atoms with Crippen molar-refractivity contribution in [3.05, 3.63) is 74.0 Å². The van der Waals surface area contributed by atoms with Crippen LogP contribution in [0.4, 0.5) is 0 Å². The fourth-order valence-electron chi connectivity index (χ4n) is 3.31. The molecule has 0 radical (unpaired) electrons. The standard InChI is InChI=1S/C20H16BrNO4/c1-25-17-10-15(21)8-14-9-16(20(24)26-18(14)17)19(23)22-7-6-12-4-2-3-5-13(12)11-22/h2-5,8-10H,6-7,11H2,1H3. The number of methoxy groups -OCH3 is 1. The van der Waals surface area contributed by atoms with Crippen molar-refractivity contribution in [3.8, 4) is 5.75 Å². The Kier molecular flexibility index (Phi) is 4.28. The van der Waals surface area contributed by atoms with E-state index in [4.69, 9.17) is 9.15 Å². The number of amides is 1. The van der Waals surface area contributed by atoms with Gasteiger partial charge in [-0.3, -0.25) is 4.79 Å². The summed E-state index contributed by atoms with van der Waals surface area (Å²) in [7, 11) is 1.51. The van der Waals surface area contributed by atoms with Gasteiger partial charge >= 0.3 is 5.63 Å². The minimum atomic E-state index is -0.651. The highest BCUT2D eigenvalue weighted by atomic mass is 79.9. The highest BCUT2D eigenvalue weighted by Crippen LogP contribution is 2.30. The predicted molar refractivity (Wildman–Crippen MR) is 102 cm³/mol. The first kappa shape index (κ1) is 16.8. The van der Waals surface area contributed by atoms with E-state index in [-0.39, 0.29) is 11.5 Å². The zero-order chi connectivity index (χ0) is 18.3. The number of hydrogen-bond donors (Lipinski definition) is 0. The predicted octanol–water partition coefficient (Wildman–Crippen LogP) is 3.76. The van der Waals surface area contributed by atoms with Crippen LogP contribution in [0.1, 0.15) is 21.5 Å². The average molecular weight is 414 g/mol. The minimum absolute atomic E-state index is 0.0389. The number of carbonyl (C=O) groups is 1. The molecule has 26 heavy (non-hydrogen) atoms. The maximum absolute atomic E-state index is 12.9. The van der Waals surface area contributed by atoms with E-state index in [1.165, 1.54) is 12.7 Å². The third kappa shape index (κ3) is 2.90. The molecule has 2 aromatic carbocycles. The number of ether oxygens (including phenoxy) is 1. The van der Waals surface area contributed by atoms with Crippen LogP contribution in [0.5, 0.6) is 5.75 Å². The highest BCUT2D eigenvalue weighted by molar-refractivity contribution is 9.10. The van der Waals surface area contributed by atoms with Gasteiger partial charge in [-0.2, -0.15) is 0 Å². The van der Waals surface area contributed by atoms with Gasteiger partial charge in [-0.15, -0.1) is 0 Å². The Balaban J connectivity index is 1.74. The second kappa shape index (κ2) is 6.61. The molecule has 5 nitrogen and oxygen atoms in total. The molecule has 1 aliphatic rings. The quantitative estimate of drug-likeness (QED) is 0.600. The van der Waals surface area contributed by atoms with E-state index in [0.717, 1.165) is 16.5 Å². The van der Waals surface area contributed by atoms with E-state index in [0.29, 0.717) is 29.8 Å². The zero-order valence-electron chi connectivity index (χ0n) is 14.1. The van der Waals surface area contributed by atoms with Crippen molar-refractivity contribution in [1.82, 2.24) is 4.90 Å². The minimum Gasteiger partial charge on any atom is -0.493 e. The second-order valence-electron chi connectivity index (χ2n) is 6.22. The molecule has 0 spiro atoms. The molecule has 0 saturated heterocycles. The van der Waals surface area contributed by atoms with E-state index < -0.39 is 5.63 Å². The SMILES string of the molecule is COc1cc(Br)cc2cc(C(=O)N3CCc4ccccc4C3)c(=O)oc12. The van der Waals surface area contributed by atoms with Gasteiger partial charge in [0.1, 0.15) is 5.56 Å². The summed E-state index contributed by atoms with van der Waals surface area (Å²) in [6, 6.07) is 13.1. The lowest BCUT2D eigenvalue weighted by atomic mass is 9.99. The molecule has 4 rings (SSSR count). The largest absolute Gasteiger partial charge is 0.493 e. The van der Waals surface area contributed by atoms with Crippen molar-refractivity contribution in [2.45, 2.75) is 13.0 Å². The summed E-state index contributed by atoms with van der Waals surface area (Å²) in [5, 5.41) is 0.636. The van der Waals surface area contributed by atoms with Gasteiger partial charge in [-0.1, -0.05) is 40.2 Å². The molecule has 0 bridgehead atoms. The Morgan fingerprint density at radius 2 is 1.96 bits per heavy atom. The molecule has 0 fully saturated rings. The molecule has 132 valence electrons. The van der Waals surface area contributed by atoms with Crippen LogP contribution in [0.2, 0.25) is 0 Å². The Hall–Kier alpha value is -2.60. The van der Waals surface area contributed by atoms with Crippen LogP contribution in [0.15, 0.2) is 56.1 Å². The Morgan fingerprint density at radius 1 is 1.19 bits per heavy atom. The maximum Gasteiger partial charge on any atom is 0.349 e. The van der Waals surface area contributed by atoms with E-state index in [9.17, 15) is 9.59 Å². The zero-order valence-corrected chi connectivity index (χ0v) is 15.7. The summed E-state index contributed by atoms with van der Waals surface area (Å²) in [6.45, 7) is 1.07. The molecule has 0 N–H and O–H groups in total. The van der Waals surface area contributed by atoms with Crippen LogP contribution in [0.25, 0.3) is 11.0 Å². The first-order valence-electron chi connectivity index (χ1n) is 8.24. The molecule has 0 atom stereocenters. The van der Waals surface area contributed by atoms with Crippen molar-refractivity contribution >= 4 is 32.8 Å². The molecule has 0 saturated carbocycles. The summed E-state index contributed by atoms with van der Waals surface area (Å²) in [5.74, 6) is 0.131. The van der Waals surface area contributed by atoms with E-state index >= 15 is 0 Å². The lowest BCUT2D eigenvalue weighted by Gasteiger charge is -2.28. The summed E-state index contributed by atoms with van der Waals surface area (Å²) < 4.78 is 11.4. The lowest BCUT2D eigenvalue weighted by molar-refractivity contribution is 0.0730. The van der Waals surface area contributed by atoms with Gasteiger partial charge in [0.2, 0.25) is 0 Å². The van der Waals surface area contributed by atoms with Crippen LogP contribution in [-0.4, -0.2) is 24.5 Å². The third-order valence-corrected chi connectivity index (χ3v) is 5.09. The average Bonchev–Trinajstić information content (AvgIpc) is 2.66. The summed E-state index contributed by atoms with van der Waals surface area (Å²) in [6.07, 6.45) is 0.778. The Labute approximate surface area is 158 Å². The maximum atomic E-state index is 12.9. The van der Waals surface area contributed by atoms with Crippen molar-refractivity contribution in [3.63, 3.8) is 0 Å². The van der Waals surface area contributed by atoms with Crippen molar-refractivity contribution in [2.24, 2.45) is 0 Å². The first-order valence-corrected chi connectivity index (χ1v) is 9.03. The fourth-order valence-corrected chi connectivity index (χ4v) is 3.76. The van der Waals surface area contributed by atoms with E-state index in [1.54, 1.807) is 23.1 Å². The van der Waals surface area contributed by atoms with Crippen LogP contribution in [0.3, 0.4) is 0 Å². The van der Waals surface area contributed by atoms with Crippen molar-refractivity contribution < 1.29 is 13.9 Å². The first-order chi connectivity index (χ1) is 12.6. The molecule has 0 unspecified atom stereocenters. The van der Waals surface area contributed by atoms with Crippen LogP contribution < -0.4 is 10.4 Å². The molecule has 6 heteroatoms. The second-order valence-corrected chi connectivity index (χ2v) is 7.14. The van der Waals surface area contributed by atoms with Crippen LogP contribution in [0, 0.1) is 0 Å². The lowest BCUT2D eigenvalue weighted by Crippen LogP contribution is -2.38. The molecule has 1 aromatic heterocycles. The van der Waals surface area contributed by atoms with Crippen LogP contribution in [-0.2, 0) is 13.0 Å². The molecule has 3 aromatic rings.